The van der Waals surface area contributed by atoms with Gasteiger partial charge in [0.2, 0.25) is 0 Å². The summed E-state index contributed by atoms with van der Waals surface area (Å²) in [7, 11) is 3.27. The van der Waals surface area contributed by atoms with Crippen LogP contribution in [0.1, 0.15) is 5.56 Å². The van der Waals surface area contributed by atoms with Gasteiger partial charge in [0.15, 0.2) is 16.6 Å². The standard InChI is InChI=1S/C16H21BrN4O2S/c1-22-14-4-3-12(9-15(14)23-2)5-6-18-16(24)19-7-8-21-11-13(17)10-20-21/h3-4,9-11H,5-8H2,1-2H3,(H2,18,19,24). The summed E-state index contributed by atoms with van der Waals surface area (Å²) in [6.07, 6.45) is 4.53. The molecule has 0 unspecified atom stereocenters. The largest absolute Gasteiger partial charge is 0.493 e. The molecule has 2 aromatic rings. The average molecular weight is 413 g/mol. The van der Waals surface area contributed by atoms with E-state index in [-0.39, 0.29) is 0 Å². The molecule has 0 atom stereocenters. The van der Waals surface area contributed by atoms with E-state index in [4.69, 9.17) is 21.7 Å². The third-order valence-corrected chi connectivity index (χ3v) is 4.07. The average Bonchev–Trinajstić information content (AvgIpc) is 3.00. The van der Waals surface area contributed by atoms with Crippen molar-refractivity contribution in [2.75, 3.05) is 27.3 Å². The highest BCUT2D eigenvalue weighted by Gasteiger charge is 2.04. The SMILES string of the molecule is COc1ccc(CCNC(=S)NCCn2cc(Br)cn2)cc1OC. The Bertz CT molecular complexity index is 678. The smallest absolute Gasteiger partial charge is 0.166 e. The number of nitrogens with one attached hydrogen (secondary N) is 2. The minimum atomic E-state index is 0.640. The van der Waals surface area contributed by atoms with Gasteiger partial charge in [-0.15, -0.1) is 0 Å². The fourth-order valence-corrected chi connectivity index (χ4v) is 2.70. The third-order valence-electron chi connectivity index (χ3n) is 3.38. The van der Waals surface area contributed by atoms with E-state index in [0.29, 0.717) is 5.11 Å². The van der Waals surface area contributed by atoms with Crippen LogP contribution in [0.2, 0.25) is 0 Å². The molecule has 0 aliphatic carbocycles. The molecule has 0 aliphatic heterocycles. The second-order valence-corrected chi connectivity index (χ2v) is 6.37. The number of nitrogens with zero attached hydrogens (tertiary/aromatic N) is 2. The zero-order valence-corrected chi connectivity index (χ0v) is 16.1. The summed E-state index contributed by atoms with van der Waals surface area (Å²) in [5.41, 5.74) is 1.16. The van der Waals surface area contributed by atoms with Gasteiger partial charge in [-0.25, -0.2) is 0 Å². The Morgan fingerprint density at radius 2 is 1.96 bits per heavy atom. The third kappa shape index (κ3) is 5.68. The highest BCUT2D eigenvalue weighted by Crippen LogP contribution is 2.27. The summed E-state index contributed by atoms with van der Waals surface area (Å²) in [5, 5.41) is 11.2. The van der Waals surface area contributed by atoms with Crippen molar-refractivity contribution in [3.05, 3.63) is 40.6 Å². The van der Waals surface area contributed by atoms with Gasteiger partial charge in [-0.05, 0) is 52.3 Å². The van der Waals surface area contributed by atoms with Crippen molar-refractivity contribution in [3.8, 4) is 11.5 Å². The lowest BCUT2D eigenvalue weighted by atomic mass is 10.1. The van der Waals surface area contributed by atoms with Gasteiger partial charge in [-0.3, -0.25) is 4.68 Å². The highest BCUT2D eigenvalue weighted by molar-refractivity contribution is 9.10. The van der Waals surface area contributed by atoms with E-state index in [9.17, 15) is 0 Å². The van der Waals surface area contributed by atoms with Crippen LogP contribution >= 0.6 is 28.1 Å². The molecule has 0 radical (unpaired) electrons. The van der Waals surface area contributed by atoms with Gasteiger partial charge in [-0.1, -0.05) is 6.07 Å². The molecule has 0 aliphatic rings. The molecule has 1 heterocycles. The maximum absolute atomic E-state index is 5.31. The Balaban J connectivity index is 1.68. The van der Waals surface area contributed by atoms with Gasteiger partial charge in [0.25, 0.3) is 0 Å². The second kappa shape index (κ2) is 9.48. The van der Waals surface area contributed by atoms with Gasteiger partial charge in [-0.2, -0.15) is 5.10 Å². The molecule has 6 nitrogen and oxygen atoms in total. The number of ether oxygens (including phenoxy) is 2. The Morgan fingerprint density at radius 3 is 2.62 bits per heavy atom. The Kier molecular flexibility index (Phi) is 7.33. The van der Waals surface area contributed by atoms with E-state index < -0.39 is 0 Å². The molecular formula is C16H21BrN4O2S. The number of benzene rings is 1. The minimum absolute atomic E-state index is 0.640. The molecule has 8 heteroatoms. The van der Waals surface area contributed by atoms with Crippen LogP contribution in [0.25, 0.3) is 0 Å². The second-order valence-electron chi connectivity index (χ2n) is 5.04. The number of hydrogen-bond acceptors (Lipinski definition) is 4. The summed E-state index contributed by atoms with van der Waals surface area (Å²) < 4.78 is 13.4. The van der Waals surface area contributed by atoms with Crippen molar-refractivity contribution in [1.29, 1.82) is 0 Å². The van der Waals surface area contributed by atoms with Crippen molar-refractivity contribution < 1.29 is 9.47 Å². The Morgan fingerprint density at radius 1 is 1.21 bits per heavy atom. The van der Waals surface area contributed by atoms with Crippen LogP contribution in [0.3, 0.4) is 0 Å². The van der Waals surface area contributed by atoms with Crippen LogP contribution in [-0.4, -0.2) is 42.2 Å². The Labute approximate surface area is 155 Å². The first-order chi connectivity index (χ1) is 11.6. The molecule has 0 fully saturated rings. The number of methoxy groups -OCH3 is 2. The zero-order valence-electron chi connectivity index (χ0n) is 13.7. The van der Waals surface area contributed by atoms with Crippen LogP contribution < -0.4 is 20.1 Å². The molecule has 0 saturated carbocycles. The summed E-state index contributed by atoms with van der Waals surface area (Å²) in [5.74, 6) is 1.47. The van der Waals surface area contributed by atoms with E-state index in [1.807, 2.05) is 29.1 Å². The topological polar surface area (TPSA) is 60.3 Å². The van der Waals surface area contributed by atoms with E-state index in [1.165, 1.54) is 0 Å². The van der Waals surface area contributed by atoms with Gasteiger partial charge in [0.1, 0.15) is 0 Å². The lowest BCUT2D eigenvalue weighted by molar-refractivity contribution is 0.354. The first kappa shape index (κ1) is 18.5. The summed E-state index contributed by atoms with van der Waals surface area (Å²) in [6.45, 7) is 2.22. The number of thiocarbonyl (C=S) groups is 1. The van der Waals surface area contributed by atoms with Crippen LogP contribution in [0.4, 0.5) is 0 Å². The fourth-order valence-electron chi connectivity index (χ4n) is 2.16. The predicted molar refractivity (Wildman–Crippen MR) is 102 cm³/mol. The van der Waals surface area contributed by atoms with E-state index in [2.05, 4.69) is 31.7 Å². The molecule has 0 spiro atoms. The maximum atomic E-state index is 5.31. The lowest BCUT2D eigenvalue weighted by Crippen LogP contribution is -2.38. The Hall–Kier alpha value is -1.80. The van der Waals surface area contributed by atoms with Crippen molar-refractivity contribution in [1.82, 2.24) is 20.4 Å². The molecule has 0 saturated heterocycles. The fraction of sp³-hybridized carbons (Fsp3) is 0.375. The molecule has 24 heavy (non-hydrogen) atoms. The predicted octanol–water partition coefficient (Wildman–Crippen LogP) is 2.37. The van der Waals surface area contributed by atoms with E-state index >= 15 is 0 Å². The van der Waals surface area contributed by atoms with Crippen LogP contribution in [-0.2, 0) is 13.0 Å². The lowest BCUT2D eigenvalue weighted by Gasteiger charge is -2.12. The molecular weight excluding hydrogens is 392 g/mol. The molecule has 130 valence electrons. The van der Waals surface area contributed by atoms with E-state index in [1.54, 1.807) is 20.4 Å². The number of rotatable bonds is 8. The number of halogens is 1. The van der Waals surface area contributed by atoms with E-state index in [0.717, 1.165) is 47.6 Å². The molecule has 0 bridgehead atoms. The van der Waals surface area contributed by atoms with Gasteiger partial charge >= 0.3 is 0 Å². The zero-order chi connectivity index (χ0) is 17.4. The molecule has 0 amide bonds. The quantitative estimate of drug-likeness (QED) is 0.649. The number of hydrogen-bond donors (Lipinski definition) is 2. The summed E-state index contributed by atoms with van der Waals surface area (Å²) in [4.78, 5) is 0. The van der Waals surface area contributed by atoms with Gasteiger partial charge in [0.05, 0.1) is 31.4 Å². The highest BCUT2D eigenvalue weighted by atomic mass is 79.9. The summed E-state index contributed by atoms with van der Waals surface area (Å²) in [6, 6.07) is 5.91. The van der Waals surface area contributed by atoms with Crippen molar-refractivity contribution in [2.24, 2.45) is 0 Å². The normalized spacial score (nSPS) is 10.3. The van der Waals surface area contributed by atoms with Crippen LogP contribution in [0.5, 0.6) is 11.5 Å². The van der Waals surface area contributed by atoms with Crippen molar-refractivity contribution in [2.45, 2.75) is 13.0 Å². The maximum Gasteiger partial charge on any atom is 0.166 e. The molecule has 1 aromatic carbocycles. The van der Waals surface area contributed by atoms with Gasteiger partial charge in [0, 0.05) is 19.3 Å². The van der Waals surface area contributed by atoms with Crippen LogP contribution in [0.15, 0.2) is 35.1 Å². The minimum Gasteiger partial charge on any atom is -0.493 e. The van der Waals surface area contributed by atoms with Crippen molar-refractivity contribution >= 4 is 33.3 Å². The van der Waals surface area contributed by atoms with Crippen molar-refractivity contribution in [3.63, 3.8) is 0 Å². The summed E-state index contributed by atoms with van der Waals surface area (Å²) >= 11 is 8.64. The van der Waals surface area contributed by atoms with Crippen LogP contribution in [0, 0.1) is 0 Å². The first-order valence-electron chi connectivity index (χ1n) is 7.53. The molecule has 2 rings (SSSR count). The van der Waals surface area contributed by atoms with Gasteiger partial charge < -0.3 is 20.1 Å². The molecule has 1 aromatic heterocycles. The molecule has 2 N–H and O–H groups in total. The first-order valence-corrected chi connectivity index (χ1v) is 8.73. The monoisotopic (exact) mass is 412 g/mol. The number of aromatic nitrogens is 2.